The molecule has 174 valence electrons. The molecule has 0 N–H and O–H groups in total. The van der Waals surface area contributed by atoms with Crippen molar-refractivity contribution in [3.05, 3.63) is 91.0 Å². The number of amides is 3. The number of hydrogen-bond acceptors (Lipinski definition) is 7. The van der Waals surface area contributed by atoms with E-state index in [0.29, 0.717) is 12.8 Å². The summed E-state index contributed by atoms with van der Waals surface area (Å²) in [6, 6.07) is 8.49. The van der Waals surface area contributed by atoms with Gasteiger partial charge in [0, 0.05) is 28.8 Å². The van der Waals surface area contributed by atoms with Gasteiger partial charge >= 0.3 is 0 Å². The van der Waals surface area contributed by atoms with Crippen LogP contribution in [-0.2, 0) is 16.1 Å². The third-order valence-electron chi connectivity index (χ3n) is 5.85. The third-order valence-corrected chi connectivity index (χ3v) is 6.08. The Balaban J connectivity index is 1.76. The summed E-state index contributed by atoms with van der Waals surface area (Å²) in [5, 5.41) is 24.3. The smallest absolute Gasteiger partial charge is 0.272 e. The van der Waals surface area contributed by atoms with Crippen LogP contribution >= 0.6 is 11.6 Å². The van der Waals surface area contributed by atoms with Crippen LogP contribution in [-0.4, -0.2) is 37.6 Å². The molecule has 12 heteroatoms. The first kappa shape index (κ1) is 23.1. The molecule has 34 heavy (non-hydrogen) atoms. The highest BCUT2D eigenvalue weighted by molar-refractivity contribution is 6.30. The Kier molecular flexibility index (Phi) is 6.12. The average molecular weight is 485 g/mol. The summed E-state index contributed by atoms with van der Waals surface area (Å²) in [5.74, 6) is -3.24. The number of non-ortho nitro benzene ring substituents is 1. The van der Waals surface area contributed by atoms with E-state index >= 15 is 0 Å². The number of carbonyl (C=O) groups is 3. The average Bonchev–Trinajstić information content (AvgIpc) is 3.08. The summed E-state index contributed by atoms with van der Waals surface area (Å²) in [6.07, 6.45) is 4.27. The summed E-state index contributed by atoms with van der Waals surface area (Å²) in [6.45, 7) is -0.465. The van der Waals surface area contributed by atoms with Crippen molar-refractivity contribution in [2.75, 3.05) is 0 Å². The molecule has 0 radical (unpaired) electrons. The Labute approximate surface area is 197 Å². The first-order valence-electron chi connectivity index (χ1n) is 10.2. The molecule has 4 rings (SSSR count). The molecular weight excluding hydrogens is 468 g/mol. The van der Waals surface area contributed by atoms with Crippen molar-refractivity contribution in [3.8, 4) is 0 Å². The largest absolute Gasteiger partial charge is 0.275 e. The Bertz CT molecular complexity index is 1220. The topological polar surface area (TPSA) is 144 Å². The minimum atomic E-state index is -0.813. The van der Waals surface area contributed by atoms with Crippen LogP contribution < -0.4 is 0 Å². The minimum Gasteiger partial charge on any atom is -0.272 e. The molecule has 2 aromatic rings. The highest BCUT2D eigenvalue weighted by Gasteiger charge is 2.51. The summed E-state index contributed by atoms with van der Waals surface area (Å²) >= 11 is 5.89. The van der Waals surface area contributed by atoms with Gasteiger partial charge in [-0.2, -0.15) is 5.01 Å². The number of carbonyl (C=O) groups excluding carboxylic acids is 3. The van der Waals surface area contributed by atoms with Crippen LogP contribution in [0.5, 0.6) is 0 Å². The number of nitro benzene ring substituents is 2. The summed E-state index contributed by atoms with van der Waals surface area (Å²) in [5.41, 5.74) is -0.608. The highest BCUT2D eigenvalue weighted by atomic mass is 35.5. The molecule has 11 nitrogen and oxygen atoms in total. The van der Waals surface area contributed by atoms with Gasteiger partial charge in [-0.25, -0.2) is 5.01 Å². The van der Waals surface area contributed by atoms with Crippen molar-refractivity contribution in [2.24, 2.45) is 11.8 Å². The Morgan fingerprint density at radius 1 is 0.971 bits per heavy atom. The van der Waals surface area contributed by atoms with Gasteiger partial charge in [-0.1, -0.05) is 23.8 Å². The maximum Gasteiger partial charge on any atom is 0.275 e. The van der Waals surface area contributed by atoms with E-state index in [2.05, 4.69) is 0 Å². The van der Waals surface area contributed by atoms with Crippen LogP contribution in [0.4, 0.5) is 11.4 Å². The van der Waals surface area contributed by atoms with Crippen LogP contribution in [0, 0.1) is 32.1 Å². The predicted molar refractivity (Wildman–Crippen MR) is 118 cm³/mol. The number of fused-ring (bicyclic) bond motifs is 1. The predicted octanol–water partition coefficient (Wildman–Crippen LogP) is 3.67. The van der Waals surface area contributed by atoms with Crippen LogP contribution in [0.25, 0.3) is 0 Å². The second kappa shape index (κ2) is 9.02. The molecule has 2 aromatic carbocycles. The number of nitrogens with zero attached hydrogens (tertiary/aromatic N) is 4. The number of hydrazine groups is 1. The lowest BCUT2D eigenvalue weighted by Gasteiger charge is -2.30. The summed E-state index contributed by atoms with van der Waals surface area (Å²) in [7, 11) is 0. The lowest BCUT2D eigenvalue weighted by atomic mass is 9.85. The van der Waals surface area contributed by atoms with Gasteiger partial charge in [-0.05, 0) is 37.1 Å². The molecule has 1 fully saturated rings. The van der Waals surface area contributed by atoms with E-state index in [0.717, 1.165) is 28.2 Å². The number of hydrogen-bond donors (Lipinski definition) is 0. The SMILES string of the molecule is O=C(c1ccc([N+](=O)[O-])cc1)N(Cc1ccc(Cl)cc1[N+](=O)[O-])N1C(=O)[C@@H]2CC=CC[C@H]2C1=O. The molecule has 0 aromatic heterocycles. The van der Waals surface area contributed by atoms with Crippen molar-refractivity contribution < 1.29 is 24.2 Å². The lowest BCUT2D eigenvalue weighted by Crippen LogP contribution is -2.49. The summed E-state index contributed by atoms with van der Waals surface area (Å²) in [4.78, 5) is 61.0. The van der Waals surface area contributed by atoms with E-state index in [1.54, 1.807) is 12.2 Å². The van der Waals surface area contributed by atoms with Gasteiger partial charge in [0.05, 0.1) is 33.8 Å². The molecular formula is C22H17ClN4O7. The van der Waals surface area contributed by atoms with Gasteiger partial charge in [0.15, 0.2) is 0 Å². The van der Waals surface area contributed by atoms with E-state index in [9.17, 15) is 34.6 Å². The van der Waals surface area contributed by atoms with E-state index < -0.39 is 45.9 Å². The monoisotopic (exact) mass is 484 g/mol. The molecule has 2 atom stereocenters. The molecule has 3 amide bonds. The van der Waals surface area contributed by atoms with E-state index in [-0.39, 0.29) is 27.5 Å². The molecule has 1 aliphatic carbocycles. The number of benzene rings is 2. The fraction of sp³-hybridized carbons (Fsp3) is 0.227. The molecule has 0 spiro atoms. The minimum absolute atomic E-state index is 0.0317. The van der Waals surface area contributed by atoms with Gasteiger partial charge in [0.2, 0.25) is 0 Å². The number of imide groups is 1. The maximum atomic E-state index is 13.5. The third kappa shape index (κ3) is 4.13. The lowest BCUT2D eigenvalue weighted by molar-refractivity contribution is -0.385. The summed E-state index contributed by atoms with van der Waals surface area (Å²) < 4.78 is 0. The second-order valence-corrected chi connectivity index (χ2v) is 8.28. The van der Waals surface area contributed by atoms with E-state index in [1.165, 1.54) is 24.3 Å². The number of allylic oxidation sites excluding steroid dienone is 2. The second-order valence-electron chi connectivity index (χ2n) is 7.84. The number of nitro groups is 2. The molecule has 2 aliphatic rings. The van der Waals surface area contributed by atoms with Crippen LogP contribution in [0.3, 0.4) is 0 Å². The van der Waals surface area contributed by atoms with Crippen LogP contribution in [0.1, 0.15) is 28.8 Å². The van der Waals surface area contributed by atoms with Gasteiger partial charge in [-0.15, -0.1) is 0 Å². The van der Waals surface area contributed by atoms with Crippen molar-refractivity contribution in [1.82, 2.24) is 10.0 Å². The van der Waals surface area contributed by atoms with Crippen molar-refractivity contribution in [2.45, 2.75) is 19.4 Å². The molecule has 1 heterocycles. The Morgan fingerprint density at radius 3 is 2.09 bits per heavy atom. The fourth-order valence-electron chi connectivity index (χ4n) is 4.13. The molecule has 1 aliphatic heterocycles. The zero-order valence-corrected chi connectivity index (χ0v) is 18.3. The standard InChI is InChI=1S/C22H17ClN4O7/c23-15-8-5-14(19(11-15)27(33)34)12-24(20(28)13-6-9-16(10-7-13)26(31)32)25-21(29)17-3-1-2-4-18(17)22(25)30/h1-2,5-11,17-18H,3-4,12H2/t17-,18-/m1/s1. The zero-order valence-electron chi connectivity index (χ0n) is 17.5. The zero-order chi connectivity index (χ0) is 24.6. The van der Waals surface area contributed by atoms with Gasteiger partial charge < -0.3 is 0 Å². The van der Waals surface area contributed by atoms with Crippen molar-refractivity contribution >= 4 is 40.7 Å². The Hall–Kier alpha value is -4.12. The van der Waals surface area contributed by atoms with Crippen molar-refractivity contribution in [3.63, 3.8) is 0 Å². The van der Waals surface area contributed by atoms with Crippen LogP contribution in [0.2, 0.25) is 5.02 Å². The first-order chi connectivity index (χ1) is 16.2. The molecule has 0 bridgehead atoms. The molecule has 1 saturated heterocycles. The van der Waals surface area contributed by atoms with Gasteiger partial charge in [0.25, 0.3) is 29.1 Å². The van der Waals surface area contributed by atoms with E-state index in [4.69, 9.17) is 11.6 Å². The number of halogens is 1. The van der Waals surface area contributed by atoms with Crippen LogP contribution in [0.15, 0.2) is 54.6 Å². The van der Waals surface area contributed by atoms with Gasteiger partial charge in [0.1, 0.15) is 0 Å². The van der Waals surface area contributed by atoms with Gasteiger partial charge in [-0.3, -0.25) is 34.6 Å². The highest BCUT2D eigenvalue weighted by Crippen LogP contribution is 2.37. The maximum absolute atomic E-state index is 13.5. The number of rotatable bonds is 6. The Morgan fingerprint density at radius 2 is 1.56 bits per heavy atom. The van der Waals surface area contributed by atoms with E-state index in [1.807, 2.05) is 0 Å². The molecule has 0 unspecified atom stereocenters. The molecule has 0 saturated carbocycles. The quantitative estimate of drug-likeness (QED) is 0.263. The van der Waals surface area contributed by atoms with Crippen molar-refractivity contribution in [1.29, 1.82) is 0 Å². The first-order valence-corrected chi connectivity index (χ1v) is 10.6. The normalized spacial score (nSPS) is 19.1. The fourth-order valence-corrected chi connectivity index (χ4v) is 4.30.